The van der Waals surface area contributed by atoms with Gasteiger partial charge in [0.05, 0.1) is 21.3 Å². The molecule has 0 radical (unpaired) electrons. The van der Waals surface area contributed by atoms with Crippen molar-refractivity contribution in [2.45, 2.75) is 13.8 Å². The molecule has 0 fully saturated rings. The summed E-state index contributed by atoms with van der Waals surface area (Å²) in [4.78, 5) is 26.6. The first-order valence-electron chi connectivity index (χ1n) is 7.48. The number of ether oxygens (including phenoxy) is 4. The smallest absolute Gasteiger partial charge is 0.342 e. The molecule has 0 atom stereocenters. The second kappa shape index (κ2) is 8.02. The molecule has 0 amide bonds. The molecule has 0 unspecified atom stereocenters. The fourth-order valence-corrected chi connectivity index (χ4v) is 3.33. The average Bonchev–Trinajstić information content (AvgIpc) is 2.96. The quantitative estimate of drug-likeness (QED) is 0.554. The highest BCUT2D eigenvalue weighted by Gasteiger charge is 2.21. The van der Waals surface area contributed by atoms with E-state index in [1.807, 2.05) is 13.8 Å². The summed E-state index contributed by atoms with van der Waals surface area (Å²) in [7, 11) is 4.38. The number of methoxy groups -OCH3 is 3. The van der Waals surface area contributed by atoms with E-state index in [0.717, 1.165) is 9.75 Å². The van der Waals surface area contributed by atoms with Gasteiger partial charge in [-0.3, -0.25) is 4.79 Å². The van der Waals surface area contributed by atoms with E-state index < -0.39 is 5.97 Å². The molecule has 6 nitrogen and oxygen atoms in total. The third-order valence-corrected chi connectivity index (χ3v) is 4.57. The predicted octanol–water partition coefficient (Wildman–Crippen LogP) is 3.43. The summed E-state index contributed by atoms with van der Waals surface area (Å²) in [6.45, 7) is 3.45. The predicted molar refractivity (Wildman–Crippen MR) is 94.5 cm³/mol. The Hall–Kier alpha value is -2.54. The van der Waals surface area contributed by atoms with Gasteiger partial charge in [-0.15, -0.1) is 11.3 Å². The van der Waals surface area contributed by atoms with Crippen LogP contribution in [0.3, 0.4) is 0 Å². The molecule has 2 aromatic rings. The van der Waals surface area contributed by atoms with Crippen LogP contribution in [0.25, 0.3) is 0 Å². The van der Waals surface area contributed by atoms with Gasteiger partial charge in [0.25, 0.3) is 0 Å². The van der Waals surface area contributed by atoms with E-state index in [2.05, 4.69) is 0 Å². The topological polar surface area (TPSA) is 71.1 Å². The van der Waals surface area contributed by atoms with Gasteiger partial charge < -0.3 is 18.9 Å². The second-order valence-electron chi connectivity index (χ2n) is 5.23. The molecule has 0 aliphatic rings. The van der Waals surface area contributed by atoms with E-state index >= 15 is 0 Å². The summed E-state index contributed by atoms with van der Waals surface area (Å²) in [5.41, 5.74) is 0.737. The monoisotopic (exact) mass is 364 g/mol. The maximum absolute atomic E-state index is 12.4. The molecule has 1 heterocycles. The summed E-state index contributed by atoms with van der Waals surface area (Å²) in [6, 6.07) is 4.79. The second-order valence-corrected chi connectivity index (χ2v) is 6.69. The Balaban J connectivity index is 2.17. The minimum Gasteiger partial charge on any atom is -0.496 e. The van der Waals surface area contributed by atoms with Crippen LogP contribution < -0.4 is 14.2 Å². The Morgan fingerprint density at radius 2 is 1.48 bits per heavy atom. The zero-order valence-electron chi connectivity index (χ0n) is 14.8. The summed E-state index contributed by atoms with van der Waals surface area (Å²) in [5, 5.41) is 0. The Labute approximate surface area is 150 Å². The number of carbonyl (C=O) groups excluding carboxylic acids is 2. The lowest BCUT2D eigenvalue weighted by molar-refractivity contribution is 0.0471. The summed E-state index contributed by atoms with van der Waals surface area (Å²) < 4.78 is 20.7. The number of esters is 1. The molecule has 0 saturated heterocycles. The highest BCUT2D eigenvalue weighted by Crippen LogP contribution is 2.35. The molecule has 0 saturated carbocycles. The molecule has 0 N–H and O–H groups in total. The van der Waals surface area contributed by atoms with E-state index in [1.54, 1.807) is 6.07 Å². The number of aryl methyl sites for hydroxylation is 2. The van der Waals surface area contributed by atoms with Crippen molar-refractivity contribution in [1.29, 1.82) is 0 Å². The van der Waals surface area contributed by atoms with Gasteiger partial charge in [-0.25, -0.2) is 4.79 Å². The van der Waals surface area contributed by atoms with Crippen LogP contribution in [0.2, 0.25) is 0 Å². The van der Waals surface area contributed by atoms with Crippen molar-refractivity contribution in [2.24, 2.45) is 0 Å². The van der Waals surface area contributed by atoms with Crippen LogP contribution in [0.4, 0.5) is 0 Å². The van der Waals surface area contributed by atoms with Crippen molar-refractivity contribution in [1.82, 2.24) is 0 Å². The number of hydrogen-bond acceptors (Lipinski definition) is 7. The van der Waals surface area contributed by atoms with Crippen molar-refractivity contribution < 1.29 is 28.5 Å². The van der Waals surface area contributed by atoms with Crippen LogP contribution in [0, 0.1) is 13.8 Å². The third kappa shape index (κ3) is 4.11. The molecule has 25 heavy (non-hydrogen) atoms. The molecule has 0 aliphatic carbocycles. The highest BCUT2D eigenvalue weighted by molar-refractivity contribution is 7.12. The van der Waals surface area contributed by atoms with Gasteiger partial charge in [0, 0.05) is 27.5 Å². The largest absolute Gasteiger partial charge is 0.496 e. The van der Waals surface area contributed by atoms with Crippen molar-refractivity contribution in [3.8, 4) is 17.2 Å². The lowest BCUT2D eigenvalue weighted by atomic mass is 10.1. The van der Waals surface area contributed by atoms with Crippen LogP contribution in [0.1, 0.15) is 30.5 Å². The molecular weight excluding hydrogens is 344 g/mol. The van der Waals surface area contributed by atoms with Crippen molar-refractivity contribution in [3.63, 3.8) is 0 Å². The maximum atomic E-state index is 12.4. The van der Waals surface area contributed by atoms with Crippen LogP contribution in [-0.2, 0) is 4.74 Å². The number of ketones is 1. The fourth-order valence-electron chi connectivity index (χ4n) is 2.38. The van der Waals surface area contributed by atoms with Gasteiger partial charge >= 0.3 is 5.97 Å². The van der Waals surface area contributed by atoms with E-state index in [4.69, 9.17) is 18.9 Å². The Morgan fingerprint density at radius 1 is 0.880 bits per heavy atom. The highest BCUT2D eigenvalue weighted by atomic mass is 32.1. The van der Waals surface area contributed by atoms with Crippen LogP contribution >= 0.6 is 11.3 Å². The van der Waals surface area contributed by atoms with E-state index in [-0.39, 0.29) is 23.7 Å². The molecule has 1 aromatic heterocycles. The molecule has 134 valence electrons. The summed E-state index contributed by atoms with van der Waals surface area (Å²) >= 11 is 1.53. The molecular formula is C18H20O6S. The first-order chi connectivity index (χ1) is 11.9. The minimum atomic E-state index is -0.671. The van der Waals surface area contributed by atoms with E-state index in [1.165, 1.54) is 44.8 Å². The number of benzene rings is 1. The van der Waals surface area contributed by atoms with Gasteiger partial charge in [-0.2, -0.15) is 0 Å². The van der Waals surface area contributed by atoms with E-state index in [0.29, 0.717) is 17.1 Å². The Bertz CT molecular complexity index is 793. The summed E-state index contributed by atoms with van der Waals surface area (Å²) in [5.74, 6) is 0.158. The van der Waals surface area contributed by atoms with Gasteiger partial charge in [0.1, 0.15) is 11.3 Å². The first-order valence-corrected chi connectivity index (χ1v) is 8.30. The van der Waals surface area contributed by atoms with Gasteiger partial charge in [-0.1, -0.05) is 0 Å². The fraction of sp³-hybridized carbons (Fsp3) is 0.333. The normalized spacial score (nSPS) is 10.3. The van der Waals surface area contributed by atoms with E-state index in [9.17, 15) is 9.59 Å². The molecule has 0 spiro atoms. The van der Waals surface area contributed by atoms with Gasteiger partial charge in [-0.05, 0) is 19.9 Å². The van der Waals surface area contributed by atoms with Crippen LogP contribution in [0.15, 0.2) is 18.2 Å². The standard InChI is InChI=1S/C18H20O6S/c1-10-6-12(11(2)25-10)14(19)9-24-18(20)13-7-16(22-4)17(23-5)8-15(13)21-3/h6-8H,9H2,1-5H3. The Morgan fingerprint density at radius 3 is 2.00 bits per heavy atom. The SMILES string of the molecule is COc1cc(OC)c(C(=O)OCC(=O)c2cc(C)sc2C)cc1OC. The van der Waals surface area contributed by atoms with Crippen molar-refractivity contribution >= 4 is 23.1 Å². The van der Waals surface area contributed by atoms with Crippen LogP contribution in [-0.4, -0.2) is 39.7 Å². The zero-order valence-corrected chi connectivity index (χ0v) is 15.6. The van der Waals surface area contributed by atoms with Gasteiger partial charge in [0.2, 0.25) is 5.78 Å². The summed E-state index contributed by atoms with van der Waals surface area (Å²) in [6.07, 6.45) is 0. The molecule has 7 heteroatoms. The first kappa shape index (κ1) is 18.8. The van der Waals surface area contributed by atoms with Crippen molar-refractivity contribution in [2.75, 3.05) is 27.9 Å². The number of Topliss-reactive ketones (excluding diaryl/α,β-unsaturated/α-hetero) is 1. The Kier molecular flexibility index (Phi) is 6.03. The van der Waals surface area contributed by atoms with Crippen molar-refractivity contribution in [3.05, 3.63) is 39.1 Å². The average molecular weight is 364 g/mol. The zero-order chi connectivity index (χ0) is 18.6. The number of hydrogen-bond donors (Lipinski definition) is 0. The molecule has 0 bridgehead atoms. The maximum Gasteiger partial charge on any atom is 0.342 e. The van der Waals surface area contributed by atoms with Crippen LogP contribution in [0.5, 0.6) is 17.2 Å². The number of carbonyl (C=O) groups is 2. The lowest BCUT2D eigenvalue weighted by Gasteiger charge is -2.13. The third-order valence-electron chi connectivity index (χ3n) is 3.60. The minimum absolute atomic E-state index is 0.158. The molecule has 0 aliphatic heterocycles. The number of thiophene rings is 1. The molecule has 1 aromatic carbocycles. The lowest BCUT2D eigenvalue weighted by Crippen LogP contribution is -2.15. The van der Waals surface area contributed by atoms with Gasteiger partial charge in [0.15, 0.2) is 18.1 Å². The number of rotatable bonds is 7. The molecule has 2 rings (SSSR count).